The lowest BCUT2D eigenvalue weighted by Crippen LogP contribution is -2.46. The van der Waals surface area contributed by atoms with Crippen molar-refractivity contribution < 1.29 is 8.42 Å². The highest BCUT2D eigenvalue weighted by Gasteiger charge is 2.38. The second kappa shape index (κ2) is 5.65. The summed E-state index contributed by atoms with van der Waals surface area (Å²) in [5.74, 6) is 2.37. The van der Waals surface area contributed by atoms with Crippen molar-refractivity contribution in [2.75, 3.05) is 32.6 Å². The molecule has 4 nitrogen and oxygen atoms in total. The zero-order valence-corrected chi connectivity index (χ0v) is 12.8. The van der Waals surface area contributed by atoms with Gasteiger partial charge in [0.2, 0.25) is 0 Å². The van der Waals surface area contributed by atoms with Crippen LogP contribution in [0.3, 0.4) is 0 Å². The van der Waals surface area contributed by atoms with E-state index in [1.165, 1.54) is 4.31 Å². The lowest BCUT2D eigenvalue weighted by atomic mass is 10.0. The van der Waals surface area contributed by atoms with Crippen LogP contribution in [0.25, 0.3) is 0 Å². The first-order valence-electron chi connectivity index (χ1n) is 6.72. The summed E-state index contributed by atoms with van der Waals surface area (Å²) in [7, 11) is -1.55. The first kappa shape index (κ1) is 14.6. The molecule has 2 rings (SSSR count). The van der Waals surface area contributed by atoms with Crippen LogP contribution in [-0.4, -0.2) is 49.6 Å². The Morgan fingerprint density at radius 2 is 1.89 bits per heavy atom. The lowest BCUT2D eigenvalue weighted by molar-refractivity contribution is 0.270. The van der Waals surface area contributed by atoms with E-state index in [1.807, 2.05) is 0 Å². The van der Waals surface area contributed by atoms with Crippen LogP contribution in [0.15, 0.2) is 0 Å². The van der Waals surface area contributed by atoms with Crippen molar-refractivity contribution >= 4 is 21.8 Å². The van der Waals surface area contributed by atoms with E-state index in [-0.39, 0.29) is 0 Å². The van der Waals surface area contributed by atoms with Crippen molar-refractivity contribution in [1.29, 1.82) is 0 Å². The second-order valence-corrected chi connectivity index (χ2v) is 8.10. The van der Waals surface area contributed by atoms with E-state index in [9.17, 15) is 8.42 Å². The largest absolute Gasteiger partial charge is 0.281 e. The Labute approximate surface area is 115 Å². The van der Waals surface area contributed by atoms with Gasteiger partial charge in [0, 0.05) is 32.6 Å². The molecule has 2 aliphatic rings. The first-order valence-corrected chi connectivity index (χ1v) is 8.65. The minimum atomic E-state index is -3.25. The molecule has 2 fully saturated rings. The van der Waals surface area contributed by atoms with Crippen molar-refractivity contribution in [1.82, 2.24) is 8.61 Å². The number of hydrogen-bond acceptors (Lipinski definition) is 2. The molecule has 0 radical (unpaired) electrons. The molecule has 6 heteroatoms. The monoisotopic (exact) mass is 294 g/mol. The van der Waals surface area contributed by atoms with Crippen LogP contribution in [0.1, 0.15) is 26.2 Å². The minimum Gasteiger partial charge on any atom is -0.195 e. The van der Waals surface area contributed by atoms with Gasteiger partial charge in [-0.25, -0.2) is 0 Å². The van der Waals surface area contributed by atoms with Gasteiger partial charge in [0.25, 0.3) is 10.2 Å². The van der Waals surface area contributed by atoms with Crippen molar-refractivity contribution in [2.24, 2.45) is 17.8 Å². The molecule has 1 aliphatic heterocycles. The molecule has 0 N–H and O–H groups in total. The quantitative estimate of drug-likeness (QED) is 0.725. The molecular formula is C12H23ClN2O2S. The average Bonchev–Trinajstić information content (AvgIpc) is 3.05. The van der Waals surface area contributed by atoms with Gasteiger partial charge in [-0.2, -0.15) is 17.0 Å². The predicted molar refractivity (Wildman–Crippen MR) is 73.8 cm³/mol. The van der Waals surface area contributed by atoms with Gasteiger partial charge in [-0.1, -0.05) is 6.92 Å². The molecule has 0 spiro atoms. The van der Waals surface area contributed by atoms with E-state index in [2.05, 4.69) is 6.92 Å². The molecule has 2 atom stereocenters. The highest BCUT2D eigenvalue weighted by molar-refractivity contribution is 7.86. The predicted octanol–water partition coefficient (Wildman–Crippen LogP) is 1.77. The maximum atomic E-state index is 12.4. The van der Waals surface area contributed by atoms with Gasteiger partial charge < -0.3 is 0 Å². The van der Waals surface area contributed by atoms with Gasteiger partial charge in [-0.05, 0) is 37.0 Å². The first-order chi connectivity index (χ1) is 8.45. The SMILES string of the molecule is CC1CC1CN(C)S(=O)(=O)N1CCC(CCl)CC1. The van der Waals surface area contributed by atoms with Gasteiger partial charge >= 0.3 is 0 Å². The summed E-state index contributed by atoms with van der Waals surface area (Å²) in [6.45, 7) is 4.07. The Morgan fingerprint density at radius 3 is 2.33 bits per heavy atom. The fourth-order valence-electron chi connectivity index (χ4n) is 2.57. The number of nitrogens with zero attached hydrogens (tertiary/aromatic N) is 2. The maximum Gasteiger partial charge on any atom is 0.281 e. The van der Waals surface area contributed by atoms with Gasteiger partial charge in [0.05, 0.1) is 0 Å². The third-order valence-corrected chi connectivity index (χ3v) is 6.67. The van der Waals surface area contributed by atoms with E-state index >= 15 is 0 Å². The Hall–Kier alpha value is 0.160. The van der Waals surface area contributed by atoms with Gasteiger partial charge in [-0.15, -0.1) is 11.6 Å². The molecule has 1 saturated carbocycles. The Kier molecular flexibility index (Phi) is 4.57. The molecular weight excluding hydrogens is 272 g/mol. The number of rotatable bonds is 5. The summed E-state index contributed by atoms with van der Waals surface area (Å²) >= 11 is 5.82. The summed E-state index contributed by atoms with van der Waals surface area (Å²) in [5.41, 5.74) is 0. The van der Waals surface area contributed by atoms with E-state index in [0.717, 1.165) is 19.3 Å². The molecule has 0 aromatic rings. The summed E-state index contributed by atoms with van der Waals surface area (Å²) in [6.07, 6.45) is 2.93. The fraction of sp³-hybridized carbons (Fsp3) is 1.00. The van der Waals surface area contributed by atoms with E-state index < -0.39 is 10.2 Å². The number of halogens is 1. The number of alkyl halides is 1. The topological polar surface area (TPSA) is 40.6 Å². The van der Waals surface area contributed by atoms with Gasteiger partial charge in [0.1, 0.15) is 0 Å². The highest BCUT2D eigenvalue weighted by atomic mass is 35.5. The van der Waals surface area contributed by atoms with Crippen molar-refractivity contribution in [3.8, 4) is 0 Å². The molecule has 18 heavy (non-hydrogen) atoms. The average molecular weight is 295 g/mol. The summed E-state index contributed by atoms with van der Waals surface area (Å²) in [4.78, 5) is 0. The smallest absolute Gasteiger partial charge is 0.195 e. The number of piperidine rings is 1. The summed E-state index contributed by atoms with van der Waals surface area (Å²) < 4.78 is 27.9. The molecule has 0 aromatic heterocycles. The Morgan fingerprint density at radius 1 is 1.33 bits per heavy atom. The van der Waals surface area contributed by atoms with Crippen LogP contribution in [0.4, 0.5) is 0 Å². The maximum absolute atomic E-state index is 12.4. The van der Waals surface area contributed by atoms with Crippen LogP contribution in [0, 0.1) is 17.8 Å². The normalized spacial score (nSPS) is 30.9. The highest BCUT2D eigenvalue weighted by Crippen LogP contribution is 2.38. The second-order valence-electron chi connectivity index (χ2n) is 5.76. The number of hydrogen-bond donors (Lipinski definition) is 0. The van der Waals surface area contributed by atoms with Gasteiger partial charge in [0.15, 0.2) is 0 Å². The summed E-state index contributed by atoms with van der Waals surface area (Å²) in [5, 5.41) is 0. The van der Waals surface area contributed by atoms with Crippen molar-refractivity contribution in [2.45, 2.75) is 26.2 Å². The van der Waals surface area contributed by atoms with Crippen LogP contribution in [0.5, 0.6) is 0 Å². The van der Waals surface area contributed by atoms with E-state index in [4.69, 9.17) is 11.6 Å². The van der Waals surface area contributed by atoms with Gasteiger partial charge in [-0.3, -0.25) is 0 Å². The Balaban J connectivity index is 1.90. The molecule has 1 heterocycles. The van der Waals surface area contributed by atoms with E-state index in [1.54, 1.807) is 11.4 Å². The van der Waals surface area contributed by atoms with Crippen molar-refractivity contribution in [3.63, 3.8) is 0 Å². The third-order valence-electron chi connectivity index (χ3n) is 4.28. The van der Waals surface area contributed by atoms with Crippen LogP contribution < -0.4 is 0 Å². The molecule has 0 bridgehead atoms. The molecule has 106 valence electrons. The Bertz CT molecular complexity index is 380. The minimum absolute atomic E-state index is 0.479. The molecule has 0 aromatic carbocycles. The molecule has 1 saturated heterocycles. The molecule has 2 unspecified atom stereocenters. The van der Waals surface area contributed by atoms with Crippen LogP contribution in [-0.2, 0) is 10.2 Å². The molecule has 1 aliphatic carbocycles. The van der Waals surface area contributed by atoms with E-state index in [0.29, 0.717) is 43.3 Å². The zero-order chi connectivity index (χ0) is 13.3. The lowest BCUT2D eigenvalue weighted by Gasteiger charge is -2.33. The molecule has 0 amide bonds. The van der Waals surface area contributed by atoms with Crippen LogP contribution >= 0.6 is 11.6 Å². The fourth-order valence-corrected chi connectivity index (χ4v) is 4.32. The zero-order valence-electron chi connectivity index (χ0n) is 11.2. The standard InChI is InChI=1S/C12H23ClN2O2S/c1-10-7-12(10)9-14(2)18(16,17)15-5-3-11(8-13)4-6-15/h10-12H,3-9H2,1-2H3. The third kappa shape index (κ3) is 3.18. The summed E-state index contributed by atoms with van der Waals surface area (Å²) in [6, 6.07) is 0. The van der Waals surface area contributed by atoms with Crippen molar-refractivity contribution in [3.05, 3.63) is 0 Å². The van der Waals surface area contributed by atoms with Crippen LogP contribution in [0.2, 0.25) is 0 Å².